The van der Waals surface area contributed by atoms with Gasteiger partial charge in [-0.15, -0.1) is 0 Å². The number of nitrogens with one attached hydrogen (secondary N) is 1. The third kappa shape index (κ3) is 4.24. The summed E-state index contributed by atoms with van der Waals surface area (Å²) in [5, 5.41) is 2.87. The Hall–Kier alpha value is -1.98. The highest BCUT2D eigenvalue weighted by atomic mass is 19.1. The number of carbonyl (C=O) groups is 2. The summed E-state index contributed by atoms with van der Waals surface area (Å²) in [5.41, 5.74) is 0.259. The third-order valence-electron chi connectivity index (χ3n) is 3.67. The van der Waals surface area contributed by atoms with Gasteiger partial charge in [-0.3, -0.25) is 9.59 Å². The Balaban J connectivity index is 1.83. The molecule has 1 heterocycles. The summed E-state index contributed by atoms with van der Waals surface area (Å²) in [6.07, 6.45) is 4.12. The SMILES string of the molecule is CCOC(=O)C1CCC(NC(=O)c2ccnc(F)c2)CC1. The molecule has 1 amide bonds. The fourth-order valence-electron chi connectivity index (χ4n) is 2.55. The second-order valence-electron chi connectivity index (χ2n) is 5.14. The normalized spacial score (nSPS) is 21.6. The van der Waals surface area contributed by atoms with Crippen LogP contribution in [0.4, 0.5) is 4.39 Å². The van der Waals surface area contributed by atoms with Crippen LogP contribution in [0.1, 0.15) is 43.0 Å². The van der Waals surface area contributed by atoms with Gasteiger partial charge in [0, 0.05) is 23.9 Å². The molecule has 1 fully saturated rings. The number of rotatable bonds is 4. The summed E-state index contributed by atoms with van der Waals surface area (Å²) >= 11 is 0. The first-order valence-corrected chi connectivity index (χ1v) is 7.19. The molecule has 0 saturated heterocycles. The number of amides is 1. The summed E-state index contributed by atoms with van der Waals surface area (Å²) in [6, 6.07) is 2.60. The van der Waals surface area contributed by atoms with Crippen molar-refractivity contribution in [1.82, 2.24) is 10.3 Å². The van der Waals surface area contributed by atoms with Crippen molar-refractivity contribution < 1.29 is 18.7 Å². The highest BCUT2D eigenvalue weighted by molar-refractivity contribution is 5.94. The Morgan fingerprint density at radius 1 is 1.38 bits per heavy atom. The van der Waals surface area contributed by atoms with Crippen LogP contribution >= 0.6 is 0 Å². The number of ether oxygens (including phenoxy) is 1. The molecule has 1 aliphatic carbocycles. The van der Waals surface area contributed by atoms with Gasteiger partial charge < -0.3 is 10.1 Å². The van der Waals surface area contributed by atoms with Crippen LogP contribution in [-0.2, 0) is 9.53 Å². The summed E-state index contributed by atoms with van der Waals surface area (Å²) in [4.78, 5) is 27.0. The maximum absolute atomic E-state index is 13.0. The molecule has 5 nitrogen and oxygen atoms in total. The van der Waals surface area contributed by atoms with Crippen LogP contribution in [-0.4, -0.2) is 29.5 Å². The molecule has 0 spiro atoms. The Morgan fingerprint density at radius 2 is 2.10 bits per heavy atom. The molecule has 0 aromatic carbocycles. The van der Waals surface area contributed by atoms with Crippen LogP contribution in [0.25, 0.3) is 0 Å². The smallest absolute Gasteiger partial charge is 0.308 e. The lowest BCUT2D eigenvalue weighted by Crippen LogP contribution is -2.39. The van der Waals surface area contributed by atoms with Gasteiger partial charge in [0.2, 0.25) is 5.95 Å². The highest BCUT2D eigenvalue weighted by Crippen LogP contribution is 2.25. The van der Waals surface area contributed by atoms with Crippen molar-refractivity contribution >= 4 is 11.9 Å². The summed E-state index contributed by atoms with van der Waals surface area (Å²) in [5.74, 6) is -1.21. The van der Waals surface area contributed by atoms with Crippen molar-refractivity contribution in [3.8, 4) is 0 Å². The molecular formula is C15H19FN2O3. The molecule has 1 N–H and O–H groups in total. The fourth-order valence-corrected chi connectivity index (χ4v) is 2.55. The van der Waals surface area contributed by atoms with Crippen LogP contribution in [0.5, 0.6) is 0 Å². The zero-order valence-corrected chi connectivity index (χ0v) is 12.0. The van der Waals surface area contributed by atoms with E-state index in [1.165, 1.54) is 12.3 Å². The zero-order chi connectivity index (χ0) is 15.2. The Labute approximate surface area is 122 Å². The van der Waals surface area contributed by atoms with Gasteiger partial charge in [-0.05, 0) is 38.7 Å². The number of carbonyl (C=O) groups excluding carboxylic acids is 2. The first-order valence-electron chi connectivity index (χ1n) is 7.19. The number of aromatic nitrogens is 1. The topological polar surface area (TPSA) is 68.3 Å². The lowest BCUT2D eigenvalue weighted by Gasteiger charge is -2.27. The monoisotopic (exact) mass is 294 g/mol. The van der Waals surface area contributed by atoms with Gasteiger partial charge >= 0.3 is 5.97 Å². The molecule has 0 aliphatic heterocycles. The van der Waals surface area contributed by atoms with Gasteiger partial charge in [-0.1, -0.05) is 0 Å². The van der Waals surface area contributed by atoms with E-state index in [2.05, 4.69) is 10.3 Å². The molecule has 0 bridgehead atoms. The van der Waals surface area contributed by atoms with Crippen LogP contribution in [0.3, 0.4) is 0 Å². The van der Waals surface area contributed by atoms with Crippen molar-refractivity contribution in [2.45, 2.75) is 38.6 Å². The number of hydrogen-bond donors (Lipinski definition) is 1. The van der Waals surface area contributed by atoms with Crippen LogP contribution in [0, 0.1) is 11.9 Å². The lowest BCUT2D eigenvalue weighted by atomic mass is 9.86. The lowest BCUT2D eigenvalue weighted by molar-refractivity contribution is -0.149. The highest BCUT2D eigenvalue weighted by Gasteiger charge is 2.28. The molecule has 0 unspecified atom stereocenters. The number of halogens is 1. The van der Waals surface area contributed by atoms with Crippen molar-refractivity contribution in [3.63, 3.8) is 0 Å². The molecule has 0 radical (unpaired) electrons. The Morgan fingerprint density at radius 3 is 2.71 bits per heavy atom. The van der Waals surface area contributed by atoms with Gasteiger partial charge in [0.15, 0.2) is 0 Å². The van der Waals surface area contributed by atoms with E-state index >= 15 is 0 Å². The minimum atomic E-state index is -0.673. The number of esters is 1. The minimum Gasteiger partial charge on any atom is -0.466 e. The molecule has 6 heteroatoms. The first-order chi connectivity index (χ1) is 10.1. The molecule has 1 aliphatic rings. The predicted molar refractivity (Wildman–Crippen MR) is 74.0 cm³/mol. The van der Waals surface area contributed by atoms with E-state index in [0.29, 0.717) is 19.4 Å². The van der Waals surface area contributed by atoms with Crippen molar-refractivity contribution in [1.29, 1.82) is 0 Å². The van der Waals surface area contributed by atoms with Crippen LogP contribution in [0.15, 0.2) is 18.3 Å². The van der Waals surface area contributed by atoms with Crippen molar-refractivity contribution in [3.05, 3.63) is 29.8 Å². The average molecular weight is 294 g/mol. The first kappa shape index (κ1) is 15.4. The van der Waals surface area contributed by atoms with E-state index in [1.807, 2.05) is 0 Å². The maximum Gasteiger partial charge on any atom is 0.308 e. The average Bonchev–Trinajstić information content (AvgIpc) is 2.48. The zero-order valence-electron chi connectivity index (χ0n) is 12.0. The van der Waals surface area contributed by atoms with Gasteiger partial charge in [0.25, 0.3) is 5.91 Å². The third-order valence-corrected chi connectivity index (χ3v) is 3.67. The molecule has 1 aromatic rings. The van der Waals surface area contributed by atoms with Crippen molar-refractivity contribution in [2.75, 3.05) is 6.61 Å². The van der Waals surface area contributed by atoms with E-state index in [4.69, 9.17) is 4.74 Å². The Bertz CT molecular complexity index is 513. The largest absolute Gasteiger partial charge is 0.466 e. The second kappa shape index (κ2) is 7.15. The summed E-state index contributed by atoms with van der Waals surface area (Å²) < 4.78 is 18.0. The standard InChI is InChI=1S/C15H19FN2O3/c1-2-21-15(20)10-3-5-12(6-4-10)18-14(19)11-7-8-17-13(16)9-11/h7-10,12H,2-6H2,1H3,(H,18,19). The predicted octanol–water partition coefficient (Wildman–Crippen LogP) is 2.07. The molecule has 0 atom stereocenters. The second-order valence-corrected chi connectivity index (χ2v) is 5.14. The number of hydrogen-bond acceptors (Lipinski definition) is 4. The van der Waals surface area contributed by atoms with E-state index in [-0.39, 0.29) is 29.4 Å². The van der Waals surface area contributed by atoms with E-state index in [9.17, 15) is 14.0 Å². The maximum atomic E-state index is 13.0. The van der Waals surface area contributed by atoms with Crippen LogP contribution in [0.2, 0.25) is 0 Å². The van der Waals surface area contributed by atoms with Gasteiger partial charge in [-0.2, -0.15) is 4.39 Å². The molecule has 21 heavy (non-hydrogen) atoms. The number of pyridine rings is 1. The minimum absolute atomic E-state index is 0.0133. The van der Waals surface area contributed by atoms with E-state index in [0.717, 1.165) is 18.9 Å². The molecule has 114 valence electrons. The quantitative estimate of drug-likeness (QED) is 0.682. The van der Waals surface area contributed by atoms with Gasteiger partial charge in [-0.25, -0.2) is 4.98 Å². The molecule has 1 aromatic heterocycles. The van der Waals surface area contributed by atoms with Crippen molar-refractivity contribution in [2.24, 2.45) is 5.92 Å². The van der Waals surface area contributed by atoms with Gasteiger partial charge in [0.1, 0.15) is 0 Å². The Kier molecular flexibility index (Phi) is 5.25. The molecule has 1 saturated carbocycles. The fraction of sp³-hybridized carbons (Fsp3) is 0.533. The summed E-state index contributed by atoms with van der Waals surface area (Å²) in [6.45, 7) is 2.18. The van der Waals surface area contributed by atoms with E-state index < -0.39 is 5.95 Å². The van der Waals surface area contributed by atoms with Gasteiger partial charge in [0.05, 0.1) is 12.5 Å². The molecule has 2 rings (SSSR count). The number of nitrogens with zero attached hydrogens (tertiary/aromatic N) is 1. The van der Waals surface area contributed by atoms with E-state index in [1.54, 1.807) is 6.92 Å². The molecular weight excluding hydrogens is 275 g/mol. The van der Waals surface area contributed by atoms with Crippen LogP contribution < -0.4 is 5.32 Å². The summed E-state index contributed by atoms with van der Waals surface area (Å²) in [7, 11) is 0.